The summed E-state index contributed by atoms with van der Waals surface area (Å²) < 4.78 is 0. The number of carbonyl (C=O) groups is 1. The maximum atomic E-state index is 12.8. The number of hydrogen-bond acceptors (Lipinski definition) is 3. The Hall–Kier alpha value is -1.58. The average molecular weight is 261 g/mol. The fraction of sp³-hybridized carbons (Fsp3) is 0.600. The SMILES string of the molecule is CCC1CCCCN1C(=O)c1cccnc1N(C)C. The van der Waals surface area contributed by atoms with E-state index in [0.717, 1.165) is 31.6 Å². The van der Waals surface area contributed by atoms with Crippen LogP contribution in [0.1, 0.15) is 43.0 Å². The Kier molecular flexibility index (Phi) is 4.40. The van der Waals surface area contributed by atoms with E-state index in [4.69, 9.17) is 0 Å². The lowest BCUT2D eigenvalue weighted by Gasteiger charge is -2.35. The van der Waals surface area contributed by atoms with Gasteiger partial charge in [0.15, 0.2) is 0 Å². The van der Waals surface area contributed by atoms with Crippen molar-refractivity contribution in [2.24, 2.45) is 0 Å². The summed E-state index contributed by atoms with van der Waals surface area (Å²) in [5.74, 6) is 0.885. The number of nitrogens with zero attached hydrogens (tertiary/aromatic N) is 3. The summed E-state index contributed by atoms with van der Waals surface area (Å²) in [5, 5.41) is 0. The summed E-state index contributed by atoms with van der Waals surface area (Å²) in [5.41, 5.74) is 0.716. The Labute approximate surface area is 115 Å². The first-order valence-electron chi connectivity index (χ1n) is 7.08. The van der Waals surface area contributed by atoms with Crippen molar-refractivity contribution in [2.45, 2.75) is 38.6 Å². The third-order valence-electron chi connectivity index (χ3n) is 3.80. The molecule has 0 aromatic carbocycles. The molecule has 4 nitrogen and oxygen atoms in total. The van der Waals surface area contributed by atoms with Crippen molar-refractivity contribution in [3.63, 3.8) is 0 Å². The van der Waals surface area contributed by atoms with Crippen molar-refractivity contribution in [3.8, 4) is 0 Å². The third kappa shape index (κ3) is 2.88. The van der Waals surface area contributed by atoms with Gasteiger partial charge in [-0.1, -0.05) is 6.92 Å². The lowest BCUT2D eigenvalue weighted by Crippen LogP contribution is -2.43. The fourth-order valence-corrected chi connectivity index (χ4v) is 2.77. The van der Waals surface area contributed by atoms with E-state index < -0.39 is 0 Å². The number of anilines is 1. The lowest BCUT2D eigenvalue weighted by molar-refractivity contribution is 0.0608. The van der Waals surface area contributed by atoms with E-state index >= 15 is 0 Å². The van der Waals surface area contributed by atoms with Crippen molar-refractivity contribution in [1.29, 1.82) is 0 Å². The zero-order valence-electron chi connectivity index (χ0n) is 12.1. The second-order valence-corrected chi connectivity index (χ2v) is 5.33. The number of aromatic nitrogens is 1. The molecule has 1 aromatic rings. The monoisotopic (exact) mass is 261 g/mol. The van der Waals surface area contributed by atoms with E-state index in [-0.39, 0.29) is 5.91 Å². The molecule has 2 rings (SSSR count). The molecule has 4 heteroatoms. The van der Waals surface area contributed by atoms with Crippen molar-refractivity contribution in [1.82, 2.24) is 9.88 Å². The van der Waals surface area contributed by atoms with Crippen LogP contribution in [0.3, 0.4) is 0 Å². The minimum Gasteiger partial charge on any atom is -0.362 e. The molecule has 1 saturated heterocycles. The predicted octanol–water partition coefficient (Wildman–Crippen LogP) is 2.55. The number of rotatable bonds is 3. The van der Waals surface area contributed by atoms with Gasteiger partial charge in [0.2, 0.25) is 0 Å². The molecule has 104 valence electrons. The van der Waals surface area contributed by atoms with Crippen molar-refractivity contribution in [2.75, 3.05) is 25.5 Å². The molecular weight excluding hydrogens is 238 g/mol. The second kappa shape index (κ2) is 6.04. The highest BCUT2D eigenvalue weighted by Crippen LogP contribution is 2.24. The number of carbonyl (C=O) groups excluding carboxylic acids is 1. The molecule has 1 aliphatic heterocycles. The van der Waals surface area contributed by atoms with Gasteiger partial charge in [-0.2, -0.15) is 0 Å². The molecule has 1 unspecified atom stereocenters. The van der Waals surface area contributed by atoms with E-state index in [1.165, 1.54) is 6.42 Å². The summed E-state index contributed by atoms with van der Waals surface area (Å²) >= 11 is 0. The first-order valence-corrected chi connectivity index (χ1v) is 7.08. The number of hydrogen-bond donors (Lipinski definition) is 0. The van der Waals surface area contributed by atoms with Gasteiger partial charge >= 0.3 is 0 Å². The Bertz CT molecular complexity index is 445. The van der Waals surface area contributed by atoms with Crippen molar-refractivity contribution >= 4 is 11.7 Å². The molecule has 1 atom stereocenters. The molecule has 0 aliphatic carbocycles. The molecule has 1 fully saturated rings. The Morgan fingerprint density at radius 1 is 1.47 bits per heavy atom. The molecule has 0 bridgehead atoms. The van der Waals surface area contributed by atoms with Gasteiger partial charge in [-0.25, -0.2) is 4.98 Å². The zero-order valence-corrected chi connectivity index (χ0v) is 12.1. The van der Waals surface area contributed by atoms with E-state index in [0.29, 0.717) is 11.6 Å². The molecule has 1 aromatic heterocycles. The quantitative estimate of drug-likeness (QED) is 0.839. The van der Waals surface area contributed by atoms with Gasteiger partial charge < -0.3 is 9.80 Å². The van der Waals surface area contributed by atoms with Gasteiger partial charge in [-0.15, -0.1) is 0 Å². The summed E-state index contributed by atoms with van der Waals surface area (Å²) in [7, 11) is 3.85. The van der Waals surface area contributed by atoms with Crippen LogP contribution in [0.5, 0.6) is 0 Å². The van der Waals surface area contributed by atoms with Crippen LogP contribution in [0, 0.1) is 0 Å². The van der Waals surface area contributed by atoms with Crippen LogP contribution < -0.4 is 4.90 Å². The van der Waals surface area contributed by atoms with Gasteiger partial charge in [-0.3, -0.25) is 4.79 Å². The minimum atomic E-state index is 0.128. The molecule has 0 spiro atoms. The predicted molar refractivity (Wildman–Crippen MR) is 77.5 cm³/mol. The first-order chi connectivity index (χ1) is 9.15. The normalized spacial score (nSPS) is 19.3. The highest BCUT2D eigenvalue weighted by Gasteiger charge is 2.28. The Morgan fingerprint density at radius 3 is 2.95 bits per heavy atom. The smallest absolute Gasteiger partial charge is 0.257 e. The zero-order chi connectivity index (χ0) is 13.8. The molecule has 0 saturated carbocycles. The number of piperidine rings is 1. The number of likely N-dealkylation sites (tertiary alicyclic amines) is 1. The van der Waals surface area contributed by atoms with E-state index in [1.54, 1.807) is 6.20 Å². The van der Waals surface area contributed by atoms with Gasteiger partial charge in [0.25, 0.3) is 5.91 Å². The molecule has 1 aliphatic rings. The highest BCUT2D eigenvalue weighted by molar-refractivity contribution is 5.99. The van der Waals surface area contributed by atoms with Gasteiger partial charge in [0, 0.05) is 32.9 Å². The number of amides is 1. The maximum absolute atomic E-state index is 12.8. The molecular formula is C15H23N3O. The average Bonchev–Trinajstić information content (AvgIpc) is 2.46. The summed E-state index contributed by atoms with van der Waals surface area (Å²) in [6, 6.07) is 4.10. The Balaban J connectivity index is 2.28. The minimum absolute atomic E-state index is 0.128. The maximum Gasteiger partial charge on any atom is 0.257 e. The molecule has 19 heavy (non-hydrogen) atoms. The van der Waals surface area contributed by atoms with Crippen LogP contribution in [-0.4, -0.2) is 42.5 Å². The van der Waals surface area contributed by atoms with Crippen LogP contribution in [0.15, 0.2) is 18.3 Å². The lowest BCUT2D eigenvalue weighted by atomic mass is 9.99. The van der Waals surface area contributed by atoms with Gasteiger partial charge in [0.1, 0.15) is 5.82 Å². The van der Waals surface area contributed by atoms with E-state index in [2.05, 4.69) is 11.9 Å². The van der Waals surface area contributed by atoms with E-state index in [1.807, 2.05) is 36.0 Å². The van der Waals surface area contributed by atoms with Gasteiger partial charge in [0.05, 0.1) is 5.56 Å². The molecule has 2 heterocycles. The highest BCUT2D eigenvalue weighted by atomic mass is 16.2. The van der Waals surface area contributed by atoms with Crippen LogP contribution in [0.25, 0.3) is 0 Å². The first kappa shape index (κ1) is 13.8. The topological polar surface area (TPSA) is 36.4 Å². The standard InChI is InChI=1S/C15H23N3O/c1-4-12-8-5-6-11-18(12)15(19)13-9-7-10-16-14(13)17(2)3/h7,9-10,12H,4-6,8,11H2,1-3H3. The summed E-state index contributed by atoms with van der Waals surface area (Å²) in [6.45, 7) is 3.03. The van der Waals surface area contributed by atoms with Crippen LogP contribution in [0.4, 0.5) is 5.82 Å². The van der Waals surface area contributed by atoms with Gasteiger partial charge in [-0.05, 0) is 37.8 Å². The largest absolute Gasteiger partial charge is 0.362 e. The van der Waals surface area contributed by atoms with Crippen LogP contribution >= 0.6 is 0 Å². The van der Waals surface area contributed by atoms with Crippen molar-refractivity contribution < 1.29 is 4.79 Å². The molecule has 0 N–H and O–H groups in total. The van der Waals surface area contributed by atoms with Crippen LogP contribution in [0.2, 0.25) is 0 Å². The van der Waals surface area contributed by atoms with E-state index in [9.17, 15) is 4.79 Å². The molecule has 0 radical (unpaired) electrons. The number of pyridine rings is 1. The Morgan fingerprint density at radius 2 is 2.26 bits per heavy atom. The second-order valence-electron chi connectivity index (χ2n) is 5.33. The summed E-state index contributed by atoms with van der Waals surface area (Å²) in [6.07, 6.45) is 6.23. The fourth-order valence-electron chi connectivity index (χ4n) is 2.77. The summed E-state index contributed by atoms with van der Waals surface area (Å²) in [4.78, 5) is 21.0. The third-order valence-corrected chi connectivity index (χ3v) is 3.80. The van der Waals surface area contributed by atoms with Crippen molar-refractivity contribution in [3.05, 3.63) is 23.9 Å². The molecule has 1 amide bonds. The van der Waals surface area contributed by atoms with Crippen LogP contribution in [-0.2, 0) is 0 Å².